The third-order valence-corrected chi connectivity index (χ3v) is 7.88. The minimum absolute atomic E-state index is 0.0713. The Kier molecular flexibility index (Phi) is 4.88. The van der Waals surface area contributed by atoms with Gasteiger partial charge in [0.1, 0.15) is 4.21 Å². The molecular formula is C10H13Br2NO3S2. The molecular weight excluding hydrogens is 406 g/mol. The molecule has 1 atom stereocenters. The first-order valence-electron chi connectivity index (χ1n) is 5.39. The lowest BCUT2D eigenvalue weighted by molar-refractivity contribution is 0.0137. The van der Waals surface area contributed by atoms with Crippen LogP contribution in [-0.4, -0.2) is 43.9 Å². The van der Waals surface area contributed by atoms with Gasteiger partial charge >= 0.3 is 0 Å². The SMILES string of the molecule is Cc1cc(S(=O)(=O)N2CCOC(CBr)C2)sc1Br. The van der Waals surface area contributed by atoms with Crippen molar-refractivity contribution in [3.63, 3.8) is 0 Å². The number of halogens is 2. The first-order chi connectivity index (χ1) is 8.45. The number of hydrogen-bond acceptors (Lipinski definition) is 4. The Morgan fingerprint density at radius 2 is 2.33 bits per heavy atom. The zero-order valence-corrected chi connectivity index (χ0v) is 14.5. The molecule has 1 fully saturated rings. The molecule has 102 valence electrons. The summed E-state index contributed by atoms with van der Waals surface area (Å²) in [6.45, 7) is 3.16. The summed E-state index contributed by atoms with van der Waals surface area (Å²) in [5.74, 6) is 0. The Morgan fingerprint density at radius 3 is 2.89 bits per heavy atom. The zero-order valence-electron chi connectivity index (χ0n) is 9.73. The first-order valence-corrected chi connectivity index (χ1v) is 9.56. The minimum Gasteiger partial charge on any atom is -0.375 e. The van der Waals surface area contributed by atoms with Crippen LogP contribution in [0, 0.1) is 6.92 Å². The molecule has 2 rings (SSSR count). The van der Waals surface area contributed by atoms with Gasteiger partial charge in [0.25, 0.3) is 10.0 Å². The third kappa shape index (κ3) is 2.99. The van der Waals surface area contributed by atoms with Crippen LogP contribution in [0.5, 0.6) is 0 Å². The molecule has 0 N–H and O–H groups in total. The highest BCUT2D eigenvalue weighted by Crippen LogP contribution is 2.32. The summed E-state index contributed by atoms with van der Waals surface area (Å²) in [7, 11) is -3.39. The molecule has 1 aliphatic rings. The van der Waals surface area contributed by atoms with E-state index in [1.165, 1.54) is 15.6 Å². The maximum absolute atomic E-state index is 12.5. The van der Waals surface area contributed by atoms with Gasteiger partial charge in [-0.25, -0.2) is 8.42 Å². The predicted octanol–water partition coefficient (Wildman–Crippen LogP) is 2.60. The molecule has 1 saturated heterocycles. The third-order valence-electron chi connectivity index (χ3n) is 2.70. The fourth-order valence-corrected chi connectivity index (χ4v) is 5.92. The fraction of sp³-hybridized carbons (Fsp3) is 0.600. The summed E-state index contributed by atoms with van der Waals surface area (Å²) in [4.78, 5) is 0. The number of alkyl halides is 1. The van der Waals surface area contributed by atoms with Crippen LogP contribution < -0.4 is 0 Å². The van der Waals surface area contributed by atoms with Crippen LogP contribution in [0.25, 0.3) is 0 Å². The molecule has 0 spiro atoms. The van der Waals surface area contributed by atoms with Crippen LogP contribution in [0.2, 0.25) is 0 Å². The second kappa shape index (κ2) is 5.88. The van der Waals surface area contributed by atoms with Crippen molar-refractivity contribution < 1.29 is 13.2 Å². The molecule has 0 radical (unpaired) electrons. The van der Waals surface area contributed by atoms with Gasteiger partial charge in [-0.2, -0.15) is 4.31 Å². The van der Waals surface area contributed by atoms with E-state index in [9.17, 15) is 8.42 Å². The summed E-state index contributed by atoms with van der Waals surface area (Å²) in [6, 6.07) is 1.71. The summed E-state index contributed by atoms with van der Waals surface area (Å²) < 4.78 is 33.1. The van der Waals surface area contributed by atoms with Crippen LogP contribution in [0.4, 0.5) is 0 Å². The number of sulfonamides is 1. The number of thiophene rings is 1. The van der Waals surface area contributed by atoms with Crippen molar-refractivity contribution >= 4 is 53.2 Å². The molecule has 0 saturated carbocycles. The lowest BCUT2D eigenvalue weighted by atomic mass is 10.3. The van der Waals surface area contributed by atoms with E-state index in [1.807, 2.05) is 6.92 Å². The Balaban J connectivity index is 2.25. The standard InChI is InChI=1S/C10H13Br2NO3S2/c1-7-4-9(17-10(7)12)18(14,15)13-2-3-16-8(5-11)6-13/h4,8H,2-3,5-6H2,1H3. The average molecular weight is 419 g/mol. The molecule has 1 aromatic rings. The van der Waals surface area contributed by atoms with Crippen LogP contribution in [0.15, 0.2) is 14.1 Å². The number of nitrogens with zero attached hydrogens (tertiary/aromatic N) is 1. The molecule has 0 aromatic carbocycles. The lowest BCUT2D eigenvalue weighted by Crippen LogP contribution is -2.45. The van der Waals surface area contributed by atoms with Gasteiger partial charge in [0.05, 0.1) is 16.5 Å². The predicted molar refractivity (Wildman–Crippen MR) is 79.0 cm³/mol. The van der Waals surface area contributed by atoms with Crippen molar-refractivity contribution in [3.8, 4) is 0 Å². The molecule has 4 nitrogen and oxygen atoms in total. The van der Waals surface area contributed by atoms with Gasteiger partial charge in [-0.15, -0.1) is 11.3 Å². The van der Waals surface area contributed by atoms with E-state index in [-0.39, 0.29) is 6.10 Å². The van der Waals surface area contributed by atoms with Crippen molar-refractivity contribution in [3.05, 3.63) is 15.4 Å². The van der Waals surface area contributed by atoms with Gasteiger partial charge in [-0.1, -0.05) is 15.9 Å². The fourth-order valence-electron chi connectivity index (χ4n) is 1.69. The van der Waals surface area contributed by atoms with E-state index in [0.29, 0.717) is 29.2 Å². The van der Waals surface area contributed by atoms with E-state index in [4.69, 9.17) is 4.74 Å². The largest absolute Gasteiger partial charge is 0.375 e. The van der Waals surface area contributed by atoms with Gasteiger partial charge < -0.3 is 4.74 Å². The molecule has 0 bridgehead atoms. The molecule has 0 aliphatic carbocycles. The number of hydrogen-bond donors (Lipinski definition) is 0. The normalized spacial score (nSPS) is 22.3. The second-order valence-electron chi connectivity index (χ2n) is 4.03. The van der Waals surface area contributed by atoms with Crippen molar-refractivity contribution in [2.75, 3.05) is 25.0 Å². The highest BCUT2D eigenvalue weighted by molar-refractivity contribution is 9.11. The highest BCUT2D eigenvalue weighted by Gasteiger charge is 2.31. The second-order valence-corrected chi connectivity index (χ2v) is 9.21. The molecule has 1 aliphatic heterocycles. The van der Waals surface area contributed by atoms with Crippen LogP contribution >= 0.6 is 43.2 Å². The smallest absolute Gasteiger partial charge is 0.252 e. The van der Waals surface area contributed by atoms with Crippen molar-refractivity contribution in [2.24, 2.45) is 0 Å². The number of morpholine rings is 1. The van der Waals surface area contributed by atoms with Gasteiger partial charge in [0.2, 0.25) is 0 Å². The summed E-state index contributed by atoms with van der Waals surface area (Å²) in [6.07, 6.45) is -0.0713. The summed E-state index contributed by atoms with van der Waals surface area (Å²) in [5.41, 5.74) is 0.948. The Bertz CT molecular complexity index is 510. The Labute approximate surface area is 128 Å². The summed E-state index contributed by atoms with van der Waals surface area (Å²) in [5, 5.41) is 0.645. The summed E-state index contributed by atoms with van der Waals surface area (Å²) >= 11 is 7.95. The molecule has 0 amide bonds. The highest BCUT2D eigenvalue weighted by atomic mass is 79.9. The molecule has 2 heterocycles. The van der Waals surface area contributed by atoms with Crippen LogP contribution in [-0.2, 0) is 14.8 Å². The van der Waals surface area contributed by atoms with Crippen LogP contribution in [0.3, 0.4) is 0 Å². The van der Waals surface area contributed by atoms with E-state index in [2.05, 4.69) is 31.9 Å². The molecule has 8 heteroatoms. The Morgan fingerprint density at radius 1 is 1.61 bits per heavy atom. The first kappa shape index (κ1) is 14.9. The number of ether oxygens (including phenoxy) is 1. The maximum Gasteiger partial charge on any atom is 0.252 e. The molecule has 1 unspecified atom stereocenters. The number of aryl methyl sites for hydroxylation is 1. The average Bonchev–Trinajstić information content (AvgIpc) is 2.70. The topological polar surface area (TPSA) is 46.6 Å². The molecule has 18 heavy (non-hydrogen) atoms. The quantitative estimate of drug-likeness (QED) is 0.708. The lowest BCUT2D eigenvalue weighted by Gasteiger charge is -2.30. The van der Waals surface area contributed by atoms with Crippen molar-refractivity contribution in [1.82, 2.24) is 4.31 Å². The van der Waals surface area contributed by atoms with Crippen molar-refractivity contribution in [1.29, 1.82) is 0 Å². The van der Waals surface area contributed by atoms with Gasteiger partial charge in [-0.05, 0) is 34.5 Å². The van der Waals surface area contributed by atoms with Gasteiger partial charge in [0, 0.05) is 18.4 Å². The Hall–Kier alpha value is 0.530. The monoisotopic (exact) mass is 417 g/mol. The zero-order chi connectivity index (χ0) is 13.3. The number of rotatable bonds is 3. The van der Waals surface area contributed by atoms with E-state index in [1.54, 1.807) is 6.07 Å². The van der Waals surface area contributed by atoms with Crippen LogP contribution in [0.1, 0.15) is 5.56 Å². The van der Waals surface area contributed by atoms with Gasteiger partial charge in [0.15, 0.2) is 0 Å². The van der Waals surface area contributed by atoms with E-state index < -0.39 is 10.0 Å². The van der Waals surface area contributed by atoms with Crippen molar-refractivity contribution in [2.45, 2.75) is 17.2 Å². The maximum atomic E-state index is 12.5. The van der Waals surface area contributed by atoms with E-state index >= 15 is 0 Å². The van der Waals surface area contributed by atoms with E-state index in [0.717, 1.165) is 9.35 Å². The van der Waals surface area contributed by atoms with Gasteiger partial charge in [-0.3, -0.25) is 0 Å². The minimum atomic E-state index is -3.39. The molecule has 1 aromatic heterocycles.